The van der Waals surface area contributed by atoms with E-state index in [9.17, 15) is 18.0 Å². The number of nitrogens with two attached hydrogens (primary N) is 1. The molecule has 164 valence electrons. The van der Waals surface area contributed by atoms with E-state index in [1.165, 1.54) is 17.4 Å². The Hall–Kier alpha value is -3.54. The van der Waals surface area contributed by atoms with Crippen molar-refractivity contribution in [3.05, 3.63) is 65.8 Å². The molecule has 0 bridgehead atoms. The van der Waals surface area contributed by atoms with E-state index in [1.807, 2.05) is 24.3 Å². The molecule has 0 unspecified atom stereocenters. The molecule has 0 fully saturated rings. The van der Waals surface area contributed by atoms with Gasteiger partial charge in [0.1, 0.15) is 5.69 Å². The van der Waals surface area contributed by atoms with Gasteiger partial charge in [0.2, 0.25) is 15.9 Å². The number of nitrogens with one attached hydrogen (secondary N) is 3. The van der Waals surface area contributed by atoms with Gasteiger partial charge in [-0.3, -0.25) is 9.59 Å². The molecule has 0 aliphatic heterocycles. The Balaban J connectivity index is 1.32. The van der Waals surface area contributed by atoms with Gasteiger partial charge in [0.15, 0.2) is 5.13 Å². The fourth-order valence-corrected chi connectivity index (χ4v) is 4.85. The van der Waals surface area contributed by atoms with E-state index in [0.717, 1.165) is 10.8 Å². The number of fused-ring (bicyclic) bond motifs is 1. The van der Waals surface area contributed by atoms with Crippen molar-refractivity contribution in [2.24, 2.45) is 5.73 Å². The molecule has 0 radical (unpaired) electrons. The standard InChI is InChI=1S/C21H19N5O4S2/c22-20(28)17-10-15(11-23-17)18-12-31-21(25-18)26-19(27)7-8-24-32(29,30)16-6-5-13-3-1-2-4-14(13)9-16/h1-6,9-12,23-24H,7-8H2,(H2,22,28)(H,25,26,27). The van der Waals surface area contributed by atoms with Crippen LogP contribution >= 0.6 is 11.3 Å². The van der Waals surface area contributed by atoms with Gasteiger partial charge >= 0.3 is 0 Å². The highest BCUT2D eigenvalue weighted by Gasteiger charge is 2.16. The average Bonchev–Trinajstić information content (AvgIpc) is 3.43. The van der Waals surface area contributed by atoms with Crippen LogP contribution in [0.5, 0.6) is 0 Å². The number of thiazole rings is 1. The van der Waals surface area contributed by atoms with Crippen molar-refractivity contribution in [2.75, 3.05) is 11.9 Å². The lowest BCUT2D eigenvalue weighted by Crippen LogP contribution is -2.27. The zero-order chi connectivity index (χ0) is 22.7. The normalized spacial score (nSPS) is 11.5. The van der Waals surface area contributed by atoms with E-state index >= 15 is 0 Å². The smallest absolute Gasteiger partial charge is 0.265 e. The molecule has 0 saturated carbocycles. The van der Waals surface area contributed by atoms with Crippen LogP contribution < -0.4 is 15.8 Å². The van der Waals surface area contributed by atoms with Gasteiger partial charge in [-0.2, -0.15) is 0 Å². The molecular weight excluding hydrogens is 450 g/mol. The second-order valence-corrected chi connectivity index (χ2v) is 9.53. The summed E-state index contributed by atoms with van der Waals surface area (Å²) in [5.74, 6) is -0.954. The number of aromatic nitrogens is 2. The minimum absolute atomic E-state index is 0.0565. The molecule has 2 aromatic heterocycles. The first-order chi connectivity index (χ1) is 15.3. The molecule has 4 aromatic rings. The van der Waals surface area contributed by atoms with Gasteiger partial charge in [0, 0.05) is 30.1 Å². The highest BCUT2D eigenvalue weighted by atomic mass is 32.2. The third-order valence-electron chi connectivity index (χ3n) is 4.67. The molecule has 0 saturated heterocycles. The van der Waals surface area contributed by atoms with Crippen LogP contribution in [-0.4, -0.2) is 36.7 Å². The fraction of sp³-hybridized carbons (Fsp3) is 0.0952. The van der Waals surface area contributed by atoms with Crippen molar-refractivity contribution in [3.8, 4) is 11.3 Å². The largest absolute Gasteiger partial charge is 0.364 e. The Labute approximate surface area is 187 Å². The maximum Gasteiger partial charge on any atom is 0.265 e. The van der Waals surface area contributed by atoms with Gasteiger partial charge in [-0.25, -0.2) is 18.1 Å². The molecule has 0 spiro atoms. The van der Waals surface area contributed by atoms with Crippen molar-refractivity contribution >= 4 is 49.1 Å². The van der Waals surface area contributed by atoms with Crippen molar-refractivity contribution in [3.63, 3.8) is 0 Å². The lowest BCUT2D eigenvalue weighted by atomic mass is 10.1. The summed E-state index contributed by atoms with van der Waals surface area (Å²) in [5, 5.41) is 6.50. The minimum atomic E-state index is -3.74. The second kappa shape index (κ2) is 8.91. The molecule has 0 aliphatic carbocycles. The predicted octanol–water partition coefficient (Wildman–Crippen LogP) is 2.70. The number of carbonyl (C=O) groups is 2. The van der Waals surface area contributed by atoms with Gasteiger partial charge < -0.3 is 16.0 Å². The van der Waals surface area contributed by atoms with Gasteiger partial charge in [0.25, 0.3) is 5.91 Å². The fourth-order valence-electron chi connectivity index (χ4n) is 3.05. The third-order valence-corrected chi connectivity index (χ3v) is 6.89. The SMILES string of the molecule is NC(=O)c1cc(-c2csc(NC(=O)CCNS(=O)(=O)c3ccc4ccccc4c3)n2)c[nH]1. The number of hydrogen-bond acceptors (Lipinski definition) is 6. The van der Waals surface area contributed by atoms with Crippen LogP contribution in [-0.2, 0) is 14.8 Å². The van der Waals surface area contributed by atoms with E-state index in [2.05, 4.69) is 20.0 Å². The third kappa shape index (κ3) is 4.85. The summed E-state index contributed by atoms with van der Waals surface area (Å²) in [4.78, 5) is 30.6. The molecule has 4 rings (SSSR count). The molecule has 2 amide bonds. The number of nitrogens with zero attached hydrogens (tertiary/aromatic N) is 1. The number of H-pyrrole nitrogens is 1. The maximum absolute atomic E-state index is 12.5. The first-order valence-corrected chi connectivity index (χ1v) is 11.9. The Bertz CT molecular complexity index is 1410. The number of hydrogen-bond donors (Lipinski definition) is 4. The highest BCUT2D eigenvalue weighted by molar-refractivity contribution is 7.89. The molecule has 32 heavy (non-hydrogen) atoms. The van der Waals surface area contributed by atoms with Crippen LogP contribution in [0.2, 0.25) is 0 Å². The van der Waals surface area contributed by atoms with Gasteiger partial charge in [-0.05, 0) is 29.0 Å². The van der Waals surface area contributed by atoms with E-state index in [0.29, 0.717) is 16.4 Å². The summed E-state index contributed by atoms with van der Waals surface area (Å²) < 4.78 is 27.5. The van der Waals surface area contributed by atoms with Crippen LogP contribution in [0.15, 0.2) is 65.0 Å². The van der Waals surface area contributed by atoms with E-state index in [4.69, 9.17) is 5.73 Å². The van der Waals surface area contributed by atoms with Gasteiger partial charge in [-0.1, -0.05) is 30.3 Å². The summed E-state index contributed by atoms with van der Waals surface area (Å²) >= 11 is 1.22. The molecule has 0 aliphatic rings. The van der Waals surface area contributed by atoms with Crippen LogP contribution in [0.1, 0.15) is 16.9 Å². The molecular formula is C21H19N5O4S2. The van der Waals surface area contributed by atoms with E-state index < -0.39 is 15.9 Å². The molecule has 2 aromatic carbocycles. The zero-order valence-corrected chi connectivity index (χ0v) is 18.3. The first-order valence-electron chi connectivity index (χ1n) is 9.54. The molecule has 5 N–H and O–H groups in total. The lowest BCUT2D eigenvalue weighted by molar-refractivity contribution is -0.116. The lowest BCUT2D eigenvalue weighted by Gasteiger charge is -2.08. The van der Waals surface area contributed by atoms with E-state index in [-0.39, 0.29) is 29.5 Å². The number of primary amides is 1. The Morgan fingerprint density at radius 2 is 1.88 bits per heavy atom. The van der Waals surface area contributed by atoms with Gasteiger partial charge in [0.05, 0.1) is 10.6 Å². The quantitative estimate of drug-likeness (QED) is 0.313. The molecule has 2 heterocycles. The van der Waals surface area contributed by atoms with Crippen LogP contribution in [0, 0.1) is 0 Å². The zero-order valence-electron chi connectivity index (χ0n) is 16.7. The Morgan fingerprint density at radius 1 is 1.09 bits per heavy atom. The highest BCUT2D eigenvalue weighted by Crippen LogP contribution is 2.25. The van der Waals surface area contributed by atoms with Crippen molar-refractivity contribution in [1.29, 1.82) is 0 Å². The summed E-state index contributed by atoms with van der Waals surface area (Å²) in [5.41, 5.74) is 6.72. The summed E-state index contributed by atoms with van der Waals surface area (Å²) in [6.07, 6.45) is 1.54. The van der Waals surface area contributed by atoms with Gasteiger partial charge in [-0.15, -0.1) is 11.3 Å². The minimum Gasteiger partial charge on any atom is -0.364 e. The molecule has 9 nitrogen and oxygen atoms in total. The Kier molecular flexibility index (Phi) is 6.04. The monoisotopic (exact) mass is 469 g/mol. The summed E-state index contributed by atoms with van der Waals surface area (Å²) in [7, 11) is -3.74. The number of rotatable bonds is 8. The van der Waals surface area contributed by atoms with Crippen molar-refractivity contribution in [1.82, 2.24) is 14.7 Å². The number of benzene rings is 2. The van der Waals surface area contributed by atoms with E-state index in [1.54, 1.807) is 29.8 Å². The number of amides is 2. The summed E-state index contributed by atoms with van der Waals surface area (Å²) in [6.45, 7) is -0.0565. The molecule has 11 heteroatoms. The molecule has 0 atom stereocenters. The first kappa shape index (κ1) is 21.7. The van der Waals surface area contributed by atoms with Crippen molar-refractivity contribution < 1.29 is 18.0 Å². The van der Waals surface area contributed by atoms with Crippen molar-refractivity contribution in [2.45, 2.75) is 11.3 Å². The number of carbonyl (C=O) groups excluding carboxylic acids is 2. The topological polar surface area (TPSA) is 147 Å². The maximum atomic E-state index is 12.5. The average molecular weight is 470 g/mol. The predicted molar refractivity (Wildman–Crippen MR) is 123 cm³/mol. The number of anilines is 1. The second-order valence-electron chi connectivity index (χ2n) is 6.91. The van der Waals surface area contributed by atoms with Crippen LogP contribution in [0.3, 0.4) is 0 Å². The summed E-state index contributed by atoms with van der Waals surface area (Å²) in [6, 6.07) is 13.9. The van der Waals surface area contributed by atoms with Crippen LogP contribution in [0.25, 0.3) is 22.0 Å². The number of sulfonamides is 1. The van der Waals surface area contributed by atoms with Crippen LogP contribution in [0.4, 0.5) is 5.13 Å². The Morgan fingerprint density at radius 3 is 2.62 bits per heavy atom. The number of aromatic amines is 1.